The van der Waals surface area contributed by atoms with Crippen LogP contribution in [0.4, 0.5) is 8.78 Å². The Morgan fingerprint density at radius 1 is 1.50 bits per heavy atom. The summed E-state index contributed by atoms with van der Waals surface area (Å²) in [6.07, 6.45) is 0.913. The zero-order valence-corrected chi connectivity index (χ0v) is 5.61. The molecule has 58 valence electrons. The molecule has 1 rings (SSSR count). The van der Waals surface area contributed by atoms with Crippen molar-refractivity contribution in [1.82, 2.24) is 0 Å². The first-order valence-corrected chi connectivity index (χ1v) is 3.19. The summed E-state index contributed by atoms with van der Waals surface area (Å²) in [5, 5.41) is 9.19. The van der Waals surface area contributed by atoms with E-state index in [4.69, 9.17) is 0 Å². The Labute approximate surface area is 58.4 Å². The minimum Gasteiger partial charge on any atom is -0.389 e. The van der Waals surface area contributed by atoms with Crippen LogP contribution >= 0.6 is 0 Å². The number of rotatable bonds is 2. The van der Waals surface area contributed by atoms with Gasteiger partial charge in [-0.1, -0.05) is 6.08 Å². The fraction of sp³-hybridized carbons (Fsp3) is 0.714. The first-order chi connectivity index (χ1) is 4.47. The zero-order valence-electron chi connectivity index (χ0n) is 5.61. The standard InChI is InChI=1S/C7H10F2O/c1-2-3-6(10)4-7(8,9)5-6/h2,10H,1,3-5H2. The fourth-order valence-electron chi connectivity index (χ4n) is 1.32. The van der Waals surface area contributed by atoms with E-state index in [0.29, 0.717) is 0 Å². The van der Waals surface area contributed by atoms with Crippen LogP contribution in [0.25, 0.3) is 0 Å². The van der Waals surface area contributed by atoms with Crippen molar-refractivity contribution >= 4 is 0 Å². The third kappa shape index (κ3) is 1.34. The molecule has 1 aliphatic carbocycles. The number of hydrogen-bond acceptors (Lipinski definition) is 1. The topological polar surface area (TPSA) is 20.2 Å². The molecule has 3 heteroatoms. The third-order valence-electron chi connectivity index (χ3n) is 1.70. The van der Waals surface area contributed by atoms with Gasteiger partial charge >= 0.3 is 0 Å². The second-order valence-electron chi connectivity index (χ2n) is 2.93. The van der Waals surface area contributed by atoms with E-state index in [2.05, 4.69) is 6.58 Å². The first-order valence-electron chi connectivity index (χ1n) is 3.19. The summed E-state index contributed by atoms with van der Waals surface area (Å²) in [5.41, 5.74) is -1.16. The van der Waals surface area contributed by atoms with Gasteiger partial charge in [0.25, 0.3) is 5.92 Å². The lowest BCUT2D eigenvalue weighted by Gasteiger charge is -2.42. The molecule has 0 aliphatic heterocycles. The summed E-state index contributed by atoms with van der Waals surface area (Å²) in [6, 6.07) is 0. The van der Waals surface area contributed by atoms with Crippen molar-refractivity contribution in [3.05, 3.63) is 12.7 Å². The van der Waals surface area contributed by atoms with Gasteiger partial charge in [-0.2, -0.15) is 0 Å². The molecule has 0 atom stereocenters. The Morgan fingerprint density at radius 3 is 2.30 bits per heavy atom. The van der Waals surface area contributed by atoms with E-state index in [-0.39, 0.29) is 6.42 Å². The van der Waals surface area contributed by atoms with Gasteiger partial charge in [-0.3, -0.25) is 0 Å². The minimum atomic E-state index is -2.64. The van der Waals surface area contributed by atoms with Crippen molar-refractivity contribution in [2.75, 3.05) is 0 Å². The van der Waals surface area contributed by atoms with Gasteiger partial charge in [-0.15, -0.1) is 6.58 Å². The third-order valence-corrected chi connectivity index (χ3v) is 1.70. The lowest BCUT2D eigenvalue weighted by molar-refractivity contribution is -0.202. The highest BCUT2D eigenvalue weighted by atomic mass is 19.3. The molecule has 0 aromatic heterocycles. The van der Waals surface area contributed by atoms with Crippen LogP contribution < -0.4 is 0 Å². The van der Waals surface area contributed by atoms with E-state index in [0.717, 1.165) is 0 Å². The highest BCUT2D eigenvalue weighted by Gasteiger charge is 2.54. The van der Waals surface area contributed by atoms with E-state index in [1.807, 2.05) is 0 Å². The maximum absolute atomic E-state index is 12.2. The van der Waals surface area contributed by atoms with Gasteiger partial charge in [0.05, 0.1) is 5.60 Å². The molecule has 0 bridgehead atoms. The van der Waals surface area contributed by atoms with Gasteiger partial charge in [0, 0.05) is 12.8 Å². The quantitative estimate of drug-likeness (QED) is 0.591. The highest BCUT2D eigenvalue weighted by molar-refractivity contribution is 5.02. The molecule has 0 aromatic rings. The molecule has 1 fully saturated rings. The van der Waals surface area contributed by atoms with Gasteiger partial charge in [-0.05, 0) is 6.42 Å². The number of alkyl halides is 2. The van der Waals surface area contributed by atoms with E-state index < -0.39 is 24.4 Å². The molecule has 1 nitrogen and oxygen atoms in total. The van der Waals surface area contributed by atoms with E-state index in [1.54, 1.807) is 0 Å². The number of hydrogen-bond donors (Lipinski definition) is 1. The smallest absolute Gasteiger partial charge is 0.253 e. The van der Waals surface area contributed by atoms with Crippen LogP contribution in [0.3, 0.4) is 0 Å². The second-order valence-corrected chi connectivity index (χ2v) is 2.93. The summed E-state index contributed by atoms with van der Waals surface area (Å²) < 4.78 is 24.3. The molecule has 0 amide bonds. The van der Waals surface area contributed by atoms with Crippen LogP contribution in [0.5, 0.6) is 0 Å². The SMILES string of the molecule is C=CCC1(O)CC(F)(F)C1. The largest absolute Gasteiger partial charge is 0.389 e. The Hall–Kier alpha value is -0.440. The Bertz CT molecular complexity index is 146. The normalized spacial score (nSPS) is 27.1. The van der Waals surface area contributed by atoms with Crippen molar-refractivity contribution in [3.63, 3.8) is 0 Å². The predicted molar refractivity (Wildman–Crippen MR) is 33.9 cm³/mol. The number of halogens is 2. The Morgan fingerprint density at radius 2 is 2.00 bits per heavy atom. The zero-order chi connectivity index (χ0) is 7.83. The maximum Gasteiger partial charge on any atom is 0.253 e. The lowest BCUT2D eigenvalue weighted by atomic mass is 9.74. The van der Waals surface area contributed by atoms with Crippen LogP contribution in [0.2, 0.25) is 0 Å². The molecule has 1 N–H and O–H groups in total. The van der Waals surface area contributed by atoms with E-state index in [9.17, 15) is 13.9 Å². The first kappa shape index (κ1) is 7.66. The summed E-state index contributed by atoms with van der Waals surface area (Å²) in [5.74, 6) is -2.64. The molecule has 0 aromatic carbocycles. The second kappa shape index (κ2) is 2.02. The van der Waals surface area contributed by atoms with Gasteiger partial charge in [-0.25, -0.2) is 8.78 Å². The molecule has 0 radical (unpaired) electrons. The predicted octanol–water partition coefficient (Wildman–Crippen LogP) is 1.72. The molecule has 0 saturated heterocycles. The monoisotopic (exact) mass is 148 g/mol. The van der Waals surface area contributed by atoms with Gasteiger partial charge < -0.3 is 5.11 Å². The van der Waals surface area contributed by atoms with Crippen molar-refractivity contribution < 1.29 is 13.9 Å². The molecule has 1 aliphatic rings. The Kier molecular flexibility index (Phi) is 1.55. The summed E-state index contributed by atoms with van der Waals surface area (Å²) in [6.45, 7) is 3.37. The number of aliphatic hydroxyl groups is 1. The van der Waals surface area contributed by atoms with Crippen LogP contribution in [-0.2, 0) is 0 Å². The molecule has 1 saturated carbocycles. The average molecular weight is 148 g/mol. The molecular weight excluding hydrogens is 138 g/mol. The molecular formula is C7H10F2O. The summed E-state index contributed by atoms with van der Waals surface area (Å²) >= 11 is 0. The average Bonchev–Trinajstić information content (AvgIpc) is 1.58. The van der Waals surface area contributed by atoms with Crippen LogP contribution in [0, 0.1) is 0 Å². The van der Waals surface area contributed by atoms with Crippen LogP contribution in [-0.4, -0.2) is 16.6 Å². The van der Waals surface area contributed by atoms with Gasteiger partial charge in [0.2, 0.25) is 0 Å². The maximum atomic E-state index is 12.2. The minimum absolute atomic E-state index is 0.266. The van der Waals surface area contributed by atoms with Crippen molar-refractivity contribution in [2.45, 2.75) is 30.8 Å². The van der Waals surface area contributed by atoms with Crippen LogP contribution in [0.1, 0.15) is 19.3 Å². The highest BCUT2D eigenvalue weighted by Crippen LogP contribution is 2.47. The van der Waals surface area contributed by atoms with Crippen molar-refractivity contribution in [2.24, 2.45) is 0 Å². The molecule has 0 spiro atoms. The fourth-order valence-corrected chi connectivity index (χ4v) is 1.32. The Balaban J connectivity index is 2.41. The summed E-state index contributed by atoms with van der Waals surface area (Å²) in [7, 11) is 0. The lowest BCUT2D eigenvalue weighted by Crippen LogP contribution is -2.51. The summed E-state index contributed by atoms with van der Waals surface area (Å²) in [4.78, 5) is 0. The van der Waals surface area contributed by atoms with Crippen LogP contribution in [0.15, 0.2) is 12.7 Å². The van der Waals surface area contributed by atoms with E-state index in [1.165, 1.54) is 6.08 Å². The molecule has 0 heterocycles. The molecule has 0 unspecified atom stereocenters. The van der Waals surface area contributed by atoms with Gasteiger partial charge in [0.1, 0.15) is 0 Å². The van der Waals surface area contributed by atoms with Crippen molar-refractivity contribution in [1.29, 1.82) is 0 Å². The van der Waals surface area contributed by atoms with E-state index >= 15 is 0 Å². The molecule has 10 heavy (non-hydrogen) atoms. The van der Waals surface area contributed by atoms with Crippen molar-refractivity contribution in [3.8, 4) is 0 Å². The van der Waals surface area contributed by atoms with Gasteiger partial charge in [0.15, 0.2) is 0 Å².